The fourth-order valence-corrected chi connectivity index (χ4v) is 0.974. The molecule has 0 aliphatic heterocycles. The zero-order chi connectivity index (χ0) is 7.68. The van der Waals surface area contributed by atoms with E-state index in [1.54, 1.807) is 18.6 Å². The van der Waals surface area contributed by atoms with Crippen LogP contribution in [0.4, 0.5) is 0 Å². The SMILES string of the molecule is Cc1oncc1-c1cn[nH]c1. The highest BCUT2D eigenvalue weighted by atomic mass is 16.5. The molecule has 0 amide bonds. The van der Waals surface area contributed by atoms with E-state index in [9.17, 15) is 0 Å². The molecule has 0 unspecified atom stereocenters. The maximum atomic E-state index is 4.90. The third kappa shape index (κ3) is 0.920. The van der Waals surface area contributed by atoms with E-state index >= 15 is 0 Å². The molecule has 2 rings (SSSR count). The Bertz CT molecular complexity index is 336. The van der Waals surface area contributed by atoms with Gasteiger partial charge < -0.3 is 4.52 Å². The van der Waals surface area contributed by atoms with Gasteiger partial charge >= 0.3 is 0 Å². The van der Waals surface area contributed by atoms with Crippen molar-refractivity contribution in [1.29, 1.82) is 0 Å². The molecule has 1 N–H and O–H groups in total. The van der Waals surface area contributed by atoms with Crippen LogP contribution in [-0.4, -0.2) is 15.4 Å². The molecule has 0 bridgehead atoms. The lowest BCUT2D eigenvalue weighted by Gasteiger charge is -1.87. The molecule has 56 valence electrons. The molecule has 0 aliphatic carbocycles. The molecule has 0 saturated carbocycles. The zero-order valence-electron chi connectivity index (χ0n) is 6.03. The van der Waals surface area contributed by atoms with Crippen LogP contribution in [0.25, 0.3) is 11.1 Å². The van der Waals surface area contributed by atoms with E-state index < -0.39 is 0 Å². The van der Waals surface area contributed by atoms with E-state index in [2.05, 4.69) is 15.4 Å². The van der Waals surface area contributed by atoms with Gasteiger partial charge in [0.1, 0.15) is 5.76 Å². The van der Waals surface area contributed by atoms with E-state index in [4.69, 9.17) is 4.52 Å². The van der Waals surface area contributed by atoms with Crippen LogP contribution in [-0.2, 0) is 0 Å². The van der Waals surface area contributed by atoms with Crippen LogP contribution in [0.15, 0.2) is 23.1 Å². The Balaban J connectivity index is 2.53. The van der Waals surface area contributed by atoms with Gasteiger partial charge in [0.05, 0.1) is 12.4 Å². The van der Waals surface area contributed by atoms with Crippen molar-refractivity contribution in [3.8, 4) is 11.1 Å². The summed E-state index contributed by atoms with van der Waals surface area (Å²) in [6, 6.07) is 0. The number of hydrogen-bond donors (Lipinski definition) is 1. The van der Waals surface area contributed by atoms with Crippen LogP contribution in [0, 0.1) is 6.92 Å². The first-order chi connectivity index (χ1) is 5.38. The van der Waals surface area contributed by atoms with Gasteiger partial charge in [-0.2, -0.15) is 5.10 Å². The molecule has 2 aromatic rings. The molecule has 0 aliphatic rings. The van der Waals surface area contributed by atoms with Gasteiger partial charge in [-0.1, -0.05) is 5.16 Å². The highest BCUT2D eigenvalue weighted by molar-refractivity contribution is 5.62. The lowest BCUT2D eigenvalue weighted by molar-refractivity contribution is 0.398. The first-order valence-corrected chi connectivity index (χ1v) is 3.28. The normalized spacial score (nSPS) is 10.3. The maximum absolute atomic E-state index is 4.90. The van der Waals surface area contributed by atoms with Gasteiger partial charge in [0.25, 0.3) is 0 Å². The quantitative estimate of drug-likeness (QED) is 0.666. The topological polar surface area (TPSA) is 54.7 Å². The van der Waals surface area contributed by atoms with Crippen LogP contribution in [0.1, 0.15) is 5.76 Å². The predicted molar refractivity (Wildman–Crippen MR) is 38.8 cm³/mol. The summed E-state index contributed by atoms with van der Waals surface area (Å²) in [7, 11) is 0. The van der Waals surface area contributed by atoms with E-state index in [1.807, 2.05) is 6.92 Å². The van der Waals surface area contributed by atoms with Crippen LogP contribution in [0.2, 0.25) is 0 Å². The highest BCUT2D eigenvalue weighted by Gasteiger charge is 2.05. The van der Waals surface area contributed by atoms with E-state index in [-0.39, 0.29) is 0 Å². The minimum atomic E-state index is 0.811. The summed E-state index contributed by atoms with van der Waals surface area (Å²) in [5.74, 6) is 0.811. The molecule has 0 spiro atoms. The minimum Gasteiger partial charge on any atom is -0.361 e. The largest absolute Gasteiger partial charge is 0.361 e. The van der Waals surface area contributed by atoms with Gasteiger partial charge in [0.2, 0.25) is 0 Å². The molecule has 4 nitrogen and oxygen atoms in total. The first kappa shape index (κ1) is 6.15. The number of nitrogens with zero attached hydrogens (tertiary/aromatic N) is 2. The Labute approximate surface area is 63.2 Å². The summed E-state index contributed by atoms with van der Waals surface area (Å²) in [5.41, 5.74) is 1.99. The van der Waals surface area contributed by atoms with Crippen molar-refractivity contribution in [3.63, 3.8) is 0 Å². The monoisotopic (exact) mass is 149 g/mol. The van der Waals surface area contributed by atoms with Crippen LogP contribution < -0.4 is 0 Å². The fourth-order valence-electron chi connectivity index (χ4n) is 0.974. The standard InChI is InChI=1S/C7H7N3O/c1-5-7(4-10-11-5)6-2-8-9-3-6/h2-4H,1H3,(H,8,9). The fraction of sp³-hybridized carbons (Fsp3) is 0.143. The number of rotatable bonds is 1. The molecule has 11 heavy (non-hydrogen) atoms. The van der Waals surface area contributed by atoms with Gasteiger partial charge in [-0.3, -0.25) is 5.10 Å². The summed E-state index contributed by atoms with van der Waals surface area (Å²) < 4.78 is 4.90. The number of hydrogen-bond acceptors (Lipinski definition) is 3. The number of aryl methyl sites for hydroxylation is 1. The van der Waals surface area contributed by atoms with Crippen molar-refractivity contribution < 1.29 is 4.52 Å². The lowest BCUT2D eigenvalue weighted by atomic mass is 10.2. The summed E-state index contributed by atoms with van der Waals surface area (Å²) >= 11 is 0. The number of nitrogens with one attached hydrogen (secondary N) is 1. The third-order valence-corrected chi connectivity index (χ3v) is 1.56. The second kappa shape index (κ2) is 2.23. The molecule has 0 saturated heterocycles. The first-order valence-electron chi connectivity index (χ1n) is 3.28. The maximum Gasteiger partial charge on any atom is 0.141 e. The molecule has 0 atom stereocenters. The smallest absolute Gasteiger partial charge is 0.141 e. The molecular weight excluding hydrogens is 142 g/mol. The Morgan fingerprint density at radius 2 is 2.36 bits per heavy atom. The number of H-pyrrole nitrogens is 1. The molecule has 4 heteroatoms. The lowest BCUT2D eigenvalue weighted by Crippen LogP contribution is -1.70. The van der Waals surface area contributed by atoms with Crippen molar-refractivity contribution >= 4 is 0 Å². The van der Waals surface area contributed by atoms with Crippen molar-refractivity contribution in [1.82, 2.24) is 15.4 Å². The van der Waals surface area contributed by atoms with Gasteiger partial charge in [-0.15, -0.1) is 0 Å². The van der Waals surface area contributed by atoms with Crippen LogP contribution in [0.5, 0.6) is 0 Å². The van der Waals surface area contributed by atoms with E-state index in [1.165, 1.54) is 0 Å². The second-order valence-corrected chi connectivity index (χ2v) is 2.28. The average Bonchev–Trinajstić information content (AvgIpc) is 2.55. The van der Waals surface area contributed by atoms with Gasteiger partial charge in [0.15, 0.2) is 0 Å². The molecule has 0 fully saturated rings. The van der Waals surface area contributed by atoms with Gasteiger partial charge in [0, 0.05) is 17.3 Å². The zero-order valence-corrected chi connectivity index (χ0v) is 6.03. The van der Waals surface area contributed by atoms with E-state index in [0.29, 0.717) is 0 Å². The van der Waals surface area contributed by atoms with E-state index in [0.717, 1.165) is 16.9 Å². The molecule has 2 aromatic heterocycles. The van der Waals surface area contributed by atoms with Crippen molar-refractivity contribution in [3.05, 3.63) is 24.4 Å². The Hall–Kier alpha value is -1.58. The summed E-state index contributed by atoms with van der Waals surface area (Å²) in [6.07, 6.45) is 5.22. The van der Waals surface area contributed by atoms with Crippen molar-refractivity contribution in [2.24, 2.45) is 0 Å². The van der Waals surface area contributed by atoms with Crippen molar-refractivity contribution in [2.75, 3.05) is 0 Å². The molecule has 2 heterocycles. The summed E-state index contributed by atoms with van der Waals surface area (Å²) in [5, 5.41) is 10.2. The van der Waals surface area contributed by atoms with Crippen LogP contribution in [0.3, 0.4) is 0 Å². The number of aromatic amines is 1. The third-order valence-electron chi connectivity index (χ3n) is 1.56. The van der Waals surface area contributed by atoms with Gasteiger partial charge in [-0.25, -0.2) is 0 Å². The van der Waals surface area contributed by atoms with Crippen LogP contribution >= 0.6 is 0 Å². The molecule has 0 aromatic carbocycles. The Morgan fingerprint density at radius 1 is 1.45 bits per heavy atom. The Kier molecular flexibility index (Phi) is 1.25. The molecule has 0 radical (unpaired) electrons. The summed E-state index contributed by atoms with van der Waals surface area (Å²) in [6.45, 7) is 1.87. The van der Waals surface area contributed by atoms with Gasteiger partial charge in [-0.05, 0) is 6.92 Å². The highest BCUT2D eigenvalue weighted by Crippen LogP contribution is 2.20. The Morgan fingerprint density at radius 3 is 2.91 bits per heavy atom. The predicted octanol–water partition coefficient (Wildman–Crippen LogP) is 1.37. The summed E-state index contributed by atoms with van der Waals surface area (Å²) in [4.78, 5) is 0. The van der Waals surface area contributed by atoms with Crippen molar-refractivity contribution in [2.45, 2.75) is 6.92 Å². The molecular formula is C7H7N3O. The second-order valence-electron chi connectivity index (χ2n) is 2.28. The number of aromatic nitrogens is 3. The minimum absolute atomic E-state index is 0.811. The average molecular weight is 149 g/mol.